The second-order valence-corrected chi connectivity index (χ2v) is 7.55. The zero-order chi connectivity index (χ0) is 20.8. The van der Waals surface area contributed by atoms with E-state index in [4.69, 9.17) is 10.5 Å². The number of benzene rings is 2. The summed E-state index contributed by atoms with van der Waals surface area (Å²) >= 11 is 0. The Morgan fingerprint density at radius 1 is 1.21 bits per heavy atom. The fourth-order valence-corrected chi connectivity index (χ4v) is 3.83. The van der Waals surface area contributed by atoms with E-state index in [0.717, 1.165) is 22.4 Å². The third-order valence-corrected chi connectivity index (χ3v) is 5.57. The van der Waals surface area contributed by atoms with Crippen molar-refractivity contribution in [1.29, 1.82) is 0 Å². The molecule has 2 aliphatic rings. The summed E-state index contributed by atoms with van der Waals surface area (Å²) < 4.78 is 53.9. The standard InChI is InChI=1S/C22H21F3N2O2/c1-21(22(24,25)12-29-20(26)27-21)18-10-15-8-14(9-16(15)11-19(18)23)7-13-3-5-17(28-2)6-4-13/h3-6,9-11H,7-8,12H2,1-2H3,(H2,26,27)/t21-/m1/s1. The van der Waals surface area contributed by atoms with E-state index in [1.807, 2.05) is 30.3 Å². The Labute approximate surface area is 166 Å². The molecule has 0 spiro atoms. The van der Waals surface area contributed by atoms with E-state index in [2.05, 4.69) is 9.73 Å². The lowest BCUT2D eigenvalue weighted by molar-refractivity contribution is -0.117. The van der Waals surface area contributed by atoms with E-state index in [1.165, 1.54) is 19.1 Å². The third-order valence-electron chi connectivity index (χ3n) is 5.57. The fourth-order valence-electron chi connectivity index (χ4n) is 3.83. The molecular formula is C22H21F3N2O2. The lowest BCUT2D eigenvalue weighted by Crippen LogP contribution is -2.51. The molecule has 0 amide bonds. The predicted octanol–water partition coefficient (Wildman–Crippen LogP) is 4.21. The highest BCUT2D eigenvalue weighted by atomic mass is 19.3. The molecule has 2 aromatic rings. The van der Waals surface area contributed by atoms with Gasteiger partial charge in [-0.1, -0.05) is 23.8 Å². The predicted molar refractivity (Wildman–Crippen MR) is 105 cm³/mol. The molecule has 1 heterocycles. The molecule has 0 bridgehead atoms. The third kappa shape index (κ3) is 3.34. The van der Waals surface area contributed by atoms with E-state index in [9.17, 15) is 13.2 Å². The Morgan fingerprint density at radius 3 is 2.62 bits per heavy atom. The molecule has 152 valence electrons. The van der Waals surface area contributed by atoms with Crippen molar-refractivity contribution in [1.82, 2.24) is 0 Å². The molecule has 7 heteroatoms. The molecule has 0 aromatic heterocycles. The minimum atomic E-state index is -3.39. The van der Waals surface area contributed by atoms with Gasteiger partial charge in [-0.05, 0) is 60.7 Å². The fraction of sp³-hybridized carbons (Fsp3) is 0.318. The highest BCUT2D eigenvalue weighted by Gasteiger charge is 2.56. The van der Waals surface area contributed by atoms with Crippen LogP contribution in [0.15, 0.2) is 47.0 Å². The largest absolute Gasteiger partial charge is 0.497 e. The summed E-state index contributed by atoms with van der Waals surface area (Å²) in [5, 5.41) is 0. The average Bonchev–Trinajstić information content (AvgIpc) is 3.06. The Kier molecular flexibility index (Phi) is 4.56. The van der Waals surface area contributed by atoms with Gasteiger partial charge in [0.1, 0.15) is 11.6 Å². The number of allylic oxidation sites excluding steroid dienone is 1. The number of aliphatic imine (C=N–C) groups is 1. The molecule has 4 rings (SSSR count). The van der Waals surface area contributed by atoms with Gasteiger partial charge in [-0.15, -0.1) is 0 Å². The first kappa shape index (κ1) is 19.4. The SMILES string of the molecule is COc1ccc(CC2=Cc3cc(F)c([C@@]4(C)N=C(N)OCC4(F)F)cc3C2)cc1. The molecule has 0 fully saturated rings. The van der Waals surface area contributed by atoms with Gasteiger partial charge in [0.15, 0.2) is 12.1 Å². The summed E-state index contributed by atoms with van der Waals surface area (Å²) in [6, 6.07) is 10.1. The van der Waals surface area contributed by atoms with Crippen LogP contribution in [0.3, 0.4) is 0 Å². The van der Waals surface area contributed by atoms with Crippen LogP contribution in [0.1, 0.15) is 29.2 Å². The van der Waals surface area contributed by atoms with Crippen LogP contribution in [-0.4, -0.2) is 25.7 Å². The van der Waals surface area contributed by atoms with E-state index in [1.54, 1.807) is 7.11 Å². The van der Waals surface area contributed by atoms with Crippen molar-refractivity contribution < 1.29 is 22.6 Å². The minimum Gasteiger partial charge on any atom is -0.497 e. The Bertz CT molecular complexity index is 1020. The van der Waals surface area contributed by atoms with Gasteiger partial charge in [0.2, 0.25) is 0 Å². The minimum absolute atomic E-state index is 0.174. The lowest BCUT2D eigenvalue weighted by atomic mass is 9.83. The highest BCUT2D eigenvalue weighted by Crippen LogP contribution is 2.45. The molecule has 0 radical (unpaired) electrons. The van der Waals surface area contributed by atoms with Gasteiger partial charge < -0.3 is 15.2 Å². The summed E-state index contributed by atoms with van der Waals surface area (Å²) in [4.78, 5) is 3.78. The lowest BCUT2D eigenvalue weighted by Gasteiger charge is -2.37. The second kappa shape index (κ2) is 6.83. The van der Waals surface area contributed by atoms with Crippen molar-refractivity contribution in [2.45, 2.75) is 31.2 Å². The molecule has 2 N–H and O–H groups in total. The number of fused-ring (bicyclic) bond motifs is 1. The molecule has 1 aliphatic carbocycles. The molecule has 2 aromatic carbocycles. The Morgan fingerprint density at radius 2 is 1.93 bits per heavy atom. The van der Waals surface area contributed by atoms with Crippen LogP contribution in [-0.2, 0) is 23.1 Å². The quantitative estimate of drug-likeness (QED) is 0.834. The number of nitrogens with zero attached hydrogens (tertiary/aromatic N) is 1. The average molecular weight is 402 g/mol. The van der Waals surface area contributed by atoms with Gasteiger partial charge in [-0.25, -0.2) is 9.38 Å². The van der Waals surface area contributed by atoms with Gasteiger partial charge in [0.25, 0.3) is 6.02 Å². The Hall–Kier alpha value is -2.96. The number of halogens is 3. The molecule has 0 saturated carbocycles. The molecule has 29 heavy (non-hydrogen) atoms. The van der Waals surface area contributed by atoms with Crippen LogP contribution in [0.2, 0.25) is 0 Å². The van der Waals surface area contributed by atoms with Gasteiger partial charge >= 0.3 is 5.92 Å². The van der Waals surface area contributed by atoms with Crippen LogP contribution in [0.25, 0.3) is 6.08 Å². The molecule has 1 aliphatic heterocycles. The first-order valence-corrected chi connectivity index (χ1v) is 9.23. The summed E-state index contributed by atoms with van der Waals surface area (Å²) in [6.45, 7) is 0.254. The highest BCUT2D eigenvalue weighted by molar-refractivity contribution is 5.73. The Balaban J connectivity index is 1.63. The van der Waals surface area contributed by atoms with Gasteiger partial charge in [-0.2, -0.15) is 8.78 Å². The van der Waals surface area contributed by atoms with Crippen molar-refractivity contribution >= 4 is 12.1 Å². The van der Waals surface area contributed by atoms with Crippen LogP contribution < -0.4 is 10.5 Å². The van der Waals surface area contributed by atoms with Gasteiger partial charge in [0.05, 0.1) is 7.11 Å². The van der Waals surface area contributed by atoms with Crippen molar-refractivity contribution in [3.05, 3.63) is 70.0 Å². The number of alkyl halides is 2. The molecule has 4 nitrogen and oxygen atoms in total. The number of rotatable bonds is 4. The summed E-state index contributed by atoms with van der Waals surface area (Å²) in [5.74, 6) is -3.34. The first-order chi connectivity index (χ1) is 13.7. The van der Waals surface area contributed by atoms with Gasteiger partial charge in [0, 0.05) is 5.56 Å². The zero-order valence-corrected chi connectivity index (χ0v) is 16.1. The van der Waals surface area contributed by atoms with Crippen molar-refractivity contribution in [2.75, 3.05) is 13.7 Å². The maximum atomic E-state index is 14.9. The van der Waals surface area contributed by atoms with Crippen molar-refractivity contribution in [3.63, 3.8) is 0 Å². The van der Waals surface area contributed by atoms with Crippen LogP contribution in [0.5, 0.6) is 5.75 Å². The van der Waals surface area contributed by atoms with Crippen LogP contribution >= 0.6 is 0 Å². The molecule has 1 atom stereocenters. The number of amidine groups is 1. The monoisotopic (exact) mass is 402 g/mol. The molecular weight excluding hydrogens is 381 g/mol. The summed E-state index contributed by atoms with van der Waals surface area (Å²) in [7, 11) is 1.61. The number of nitrogens with two attached hydrogens (primary N) is 1. The van der Waals surface area contributed by atoms with Crippen molar-refractivity contribution in [2.24, 2.45) is 10.7 Å². The normalized spacial score (nSPS) is 22.4. The number of methoxy groups -OCH3 is 1. The second-order valence-electron chi connectivity index (χ2n) is 7.55. The maximum absolute atomic E-state index is 14.9. The van der Waals surface area contributed by atoms with Crippen LogP contribution in [0.4, 0.5) is 13.2 Å². The zero-order valence-electron chi connectivity index (χ0n) is 16.1. The molecule has 0 unspecified atom stereocenters. The summed E-state index contributed by atoms with van der Waals surface area (Å²) in [6.07, 6.45) is 3.16. The number of hydrogen-bond donors (Lipinski definition) is 1. The maximum Gasteiger partial charge on any atom is 0.310 e. The van der Waals surface area contributed by atoms with E-state index < -0.39 is 23.9 Å². The molecule has 0 saturated heterocycles. The smallest absolute Gasteiger partial charge is 0.310 e. The van der Waals surface area contributed by atoms with Crippen LogP contribution in [0, 0.1) is 5.82 Å². The topological polar surface area (TPSA) is 56.8 Å². The number of hydrogen-bond acceptors (Lipinski definition) is 4. The van der Waals surface area contributed by atoms with Gasteiger partial charge in [-0.3, -0.25) is 0 Å². The van der Waals surface area contributed by atoms with E-state index in [-0.39, 0.29) is 11.6 Å². The van der Waals surface area contributed by atoms with E-state index >= 15 is 0 Å². The van der Waals surface area contributed by atoms with E-state index in [0.29, 0.717) is 18.4 Å². The first-order valence-electron chi connectivity index (χ1n) is 9.23. The van der Waals surface area contributed by atoms with Crippen molar-refractivity contribution in [3.8, 4) is 5.75 Å². The number of ether oxygens (including phenoxy) is 2. The summed E-state index contributed by atoms with van der Waals surface area (Å²) in [5.41, 5.74) is 6.88.